The van der Waals surface area contributed by atoms with E-state index in [0.717, 1.165) is 17.7 Å². The Labute approximate surface area is 126 Å². The number of ether oxygens (including phenoxy) is 1. The molecule has 2 rings (SSSR count). The molecule has 0 aromatic heterocycles. The summed E-state index contributed by atoms with van der Waals surface area (Å²) in [5.74, 6) is -0.842. The Balaban J connectivity index is 2.54. The van der Waals surface area contributed by atoms with Crippen molar-refractivity contribution in [2.24, 2.45) is 0 Å². The van der Waals surface area contributed by atoms with E-state index in [4.69, 9.17) is 27.9 Å². The van der Waals surface area contributed by atoms with Crippen molar-refractivity contribution in [3.8, 4) is 5.75 Å². The molecule has 20 heavy (non-hydrogen) atoms. The minimum atomic E-state index is -0.864. The van der Waals surface area contributed by atoms with Gasteiger partial charge in [-0.05, 0) is 25.1 Å². The third-order valence-corrected chi connectivity index (χ3v) is 3.73. The van der Waals surface area contributed by atoms with Crippen LogP contribution < -0.4 is 4.74 Å². The van der Waals surface area contributed by atoms with E-state index in [9.17, 15) is 8.78 Å². The molecule has 0 amide bonds. The first-order valence-electron chi connectivity index (χ1n) is 5.87. The highest BCUT2D eigenvalue weighted by Gasteiger charge is 2.21. The summed E-state index contributed by atoms with van der Waals surface area (Å²) < 4.78 is 32.6. The first kappa shape index (κ1) is 15.1. The quantitative estimate of drug-likeness (QED) is 0.554. The predicted molar refractivity (Wildman–Crippen MR) is 76.8 cm³/mol. The fourth-order valence-electron chi connectivity index (χ4n) is 1.95. The summed E-state index contributed by atoms with van der Waals surface area (Å²) in [4.78, 5) is 0. The summed E-state index contributed by atoms with van der Waals surface area (Å²) in [7, 11) is 1.50. The van der Waals surface area contributed by atoms with Crippen LogP contribution >= 0.6 is 23.2 Å². The average molecular weight is 317 g/mol. The van der Waals surface area contributed by atoms with Gasteiger partial charge >= 0.3 is 0 Å². The zero-order valence-electron chi connectivity index (χ0n) is 10.9. The van der Waals surface area contributed by atoms with E-state index >= 15 is 0 Å². The van der Waals surface area contributed by atoms with Crippen molar-refractivity contribution < 1.29 is 13.5 Å². The van der Waals surface area contributed by atoms with Gasteiger partial charge in [-0.3, -0.25) is 0 Å². The molecule has 0 aliphatic heterocycles. The van der Waals surface area contributed by atoms with Gasteiger partial charge in [0, 0.05) is 11.1 Å². The van der Waals surface area contributed by atoms with Crippen LogP contribution in [0.1, 0.15) is 22.1 Å². The lowest BCUT2D eigenvalue weighted by Gasteiger charge is -2.16. The van der Waals surface area contributed by atoms with Crippen molar-refractivity contribution in [3.05, 3.63) is 63.7 Å². The molecule has 0 bridgehead atoms. The van der Waals surface area contributed by atoms with Gasteiger partial charge < -0.3 is 4.74 Å². The van der Waals surface area contributed by atoms with E-state index in [-0.39, 0.29) is 10.6 Å². The molecule has 1 unspecified atom stereocenters. The van der Waals surface area contributed by atoms with E-state index in [1.165, 1.54) is 7.11 Å². The first-order chi connectivity index (χ1) is 9.43. The molecule has 2 aromatic rings. The minimum Gasteiger partial charge on any atom is -0.496 e. The Bertz CT molecular complexity index is 644. The fourth-order valence-corrected chi connectivity index (χ4v) is 2.44. The Morgan fingerprint density at radius 1 is 1.05 bits per heavy atom. The summed E-state index contributed by atoms with van der Waals surface area (Å²) >= 11 is 11.8. The van der Waals surface area contributed by atoms with Crippen LogP contribution in [-0.2, 0) is 0 Å². The molecule has 5 heteroatoms. The lowest BCUT2D eigenvalue weighted by atomic mass is 10.0. The topological polar surface area (TPSA) is 9.23 Å². The van der Waals surface area contributed by atoms with Gasteiger partial charge in [-0.2, -0.15) is 0 Å². The maximum Gasteiger partial charge on any atom is 0.142 e. The van der Waals surface area contributed by atoms with Crippen LogP contribution in [0.3, 0.4) is 0 Å². The number of hydrogen-bond acceptors (Lipinski definition) is 1. The van der Waals surface area contributed by atoms with E-state index in [2.05, 4.69) is 0 Å². The van der Waals surface area contributed by atoms with E-state index in [1.807, 2.05) is 13.0 Å². The van der Waals surface area contributed by atoms with Crippen LogP contribution in [0.2, 0.25) is 5.02 Å². The number of alkyl halides is 1. The summed E-state index contributed by atoms with van der Waals surface area (Å²) in [6.45, 7) is 1.88. The Morgan fingerprint density at radius 2 is 1.75 bits per heavy atom. The van der Waals surface area contributed by atoms with E-state index < -0.39 is 17.0 Å². The molecule has 0 saturated carbocycles. The normalized spacial score (nSPS) is 12.3. The predicted octanol–water partition coefficient (Wildman–Crippen LogP) is 5.26. The van der Waals surface area contributed by atoms with Gasteiger partial charge in [-0.25, -0.2) is 8.78 Å². The first-order valence-corrected chi connectivity index (χ1v) is 6.68. The van der Waals surface area contributed by atoms with E-state index in [0.29, 0.717) is 11.3 Å². The molecular weight excluding hydrogens is 305 g/mol. The highest BCUT2D eigenvalue weighted by Crippen LogP contribution is 2.37. The molecule has 0 aliphatic carbocycles. The largest absolute Gasteiger partial charge is 0.496 e. The van der Waals surface area contributed by atoms with Crippen LogP contribution in [0.25, 0.3) is 0 Å². The number of aryl methyl sites for hydroxylation is 1. The summed E-state index contributed by atoms with van der Waals surface area (Å²) in [6, 6.07) is 7.30. The fraction of sp³-hybridized carbons (Fsp3) is 0.200. The number of rotatable bonds is 3. The third kappa shape index (κ3) is 2.89. The molecule has 106 valence electrons. The molecule has 0 spiro atoms. The smallest absolute Gasteiger partial charge is 0.142 e. The van der Waals surface area contributed by atoms with Gasteiger partial charge in [0.2, 0.25) is 0 Å². The second kappa shape index (κ2) is 5.98. The standard InChI is InChI=1S/C15H12Cl2F2O/c1-8-3-4-14(20-2)10(5-8)15(17)9-6-13(19)11(16)7-12(9)18/h3-7,15H,1-2H3. The Hall–Kier alpha value is -1.32. The monoisotopic (exact) mass is 316 g/mol. The lowest BCUT2D eigenvalue weighted by Crippen LogP contribution is -2.01. The molecule has 1 atom stereocenters. The molecule has 1 nitrogen and oxygen atoms in total. The van der Waals surface area contributed by atoms with Gasteiger partial charge in [-0.15, -0.1) is 11.6 Å². The van der Waals surface area contributed by atoms with Gasteiger partial charge in [-0.1, -0.05) is 29.3 Å². The highest BCUT2D eigenvalue weighted by atomic mass is 35.5. The molecule has 2 aromatic carbocycles. The molecule has 0 aliphatic rings. The summed E-state index contributed by atoms with van der Waals surface area (Å²) in [5.41, 5.74) is 1.55. The van der Waals surface area contributed by atoms with Crippen molar-refractivity contribution in [2.45, 2.75) is 12.3 Å². The third-order valence-electron chi connectivity index (χ3n) is 2.97. The van der Waals surface area contributed by atoms with Crippen LogP contribution in [0.15, 0.2) is 30.3 Å². The second-order valence-corrected chi connectivity index (χ2v) is 5.24. The van der Waals surface area contributed by atoms with Crippen LogP contribution in [0, 0.1) is 18.6 Å². The maximum atomic E-state index is 13.9. The van der Waals surface area contributed by atoms with Gasteiger partial charge in [0.05, 0.1) is 17.5 Å². The lowest BCUT2D eigenvalue weighted by molar-refractivity contribution is 0.409. The average Bonchev–Trinajstić information content (AvgIpc) is 2.42. The van der Waals surface area contributed by atoms with Crippen molar-refractivity contribution in [1.82, 2.24) is 0 Å². The van der Waals surface area contributed by atoms with Crippen molar-refractivity contribution in [1.29, 1.82) is 0 Å². The SMILES string of the molecule is COc1ccc(C)cc1C(Cl)c1cc(F)c(Cl)cc1F. The summed E-state index contributed by atoms with van der Waals surface area (Å²) in [6.07, 6.45) is 0. The molecule has 0 radical (unpaired) electrons. The molecular formula is C15H12Cl2F2O. The number of methoxy groups -OCH3 is 1. The summed E-state index contributed by atoms with van der Waals surface area (Å²) in [5, 5.41) is -1.14. The maximum absolute atomic E-state index is 13.9. The molecule has 0 saturated heterocycles. The van der Waals surface area contributed by atoms with Gasteiger partial charge in [0.1, 0.15) is 17.4 Å². The number of benzene rings is 2. The van der Waals surface area contributed by atoms with Crippen molar-refractivity contribution in [3.63, 3.8) is 0 Å². The van der Waals surface area contributed by atoms with Crippen LogP contribution in [-0.4, -0.2) is 7.11 Å². The van der Waals surface area contributed by atoms with E-state index in [1.54, 1.807) is 12.1 Å². The zero-order chi connectivity index (χ0) is 14.9. The van der Waals surface area contributed by atoms with Gasteiger partial charge in [0.25, 0.3) is 0 Å². The molecule has 0 N–H and O–H groups in total. The molecule has 0 heterocycles. The number of hydrogen-bond donors (Lipinski definition) is 0. The number of halogens is 4. The van der Waals surface area contributed by atoms with Gasteiger partial charge in [0.15, 0.2) is 0 Å². The second-order valence-electron chi connectivity index (χ2n) is 4.40. The van der Waals surface area contributed by atoms with Crippen LogP contribution in [0.4, 0.5) is 8.78 Å². The van der Waals surface area contributed by atoms with Crippen LogP contribution in [0.5, 0.6) is 5.75 Å². The van der Waals surface area contributed by atoms with Crippen molar-refractivity contribution in [2.75, 3.05) is 7.11 Å². The minimum absolute atomic E-state index is 0.0254. The zero-order valence-corrected chi connectivity index (χ0v) is 12.4. The Kier molecular flexibility index (Phi) is 4.51. The Morgan fingerprint density at radius 3 is 2.40 bits per heavy atom. The highest BCUT2D eigenvalue weighted by molar-refractivity contribution is 6.30. The van der Waals surface area contributed by atoms with Crippen molar-refractivity contribution >= 4 is 23.2 Å². The molecule has 0 fully saturated rings.